The van der Waals surface area contributed by atoms with Crippen LogP contribution in [0.4, 0.5) is 0 Å². The van der Waals surface area contributed by atoms with E-state index >= 15 is 0 Å². The number of hydrogen-bond donors (Lipinski definition) is 0. The standard InChI is InChI=1S/C21H26N4O4S/c1-3-29-21(28)15-6-4-9-23(13-15)19(26)7-5-10-24-20(27)17-12-18-16(8-11-30-18)25(17)14(2)22-24/h8,11-12,15H,3-7,9-10,13H2,1-2H3/t15-/m1/s1. The van der Waals surface area contributed by atoms with Gasteiger partial charge in [-0.3, -0.25) is 18.8 Å². The molecule has 1 amide bonds. The van der Waals surface area contributed by atoms with Gasteiger partial charge in [0.05, 0.1) is 22.7 Å². The summed E-state index contributed by atoms with van der Waals surface area (Å²) in [6.45, 7) is 5.50. The topological polar surface area (TPSA) is 85.9 Å². The van der Waals surface area contributed by atoms with E-state index in [4.69, 9.17) is 4.74 Å². The summed E-state index contributed by atoms with van der Waals surface area (Å²) in [5, 5.41) is 6.45. The Morgan fingerprint density at radius 3 is 2.97 bits per heavy atom. The molecule has 1 aliphatic heterocycles. The first-order valence-electron chi connectivity index (χ1n) is 10.4. The Bertz CT molecular complexity index is 1150. The number of fused-ring (bicyclic) bond motifs is 3. The molecule has 0 bridgehead atoms. The Labute approximate surface area is 178 Å². The van der Waals surface area contributed by atoms with Crippen LogP contribution in [-0.2, 0) is 20.9 Å². The monoisotopic (exact) mass is 430 g/mol. The lowest BCUT2D eigenvalue weighted by molar-refractivity contribution is -0.151. The van der Waals surface area contributed by atoms with Crippen LogP contribution in [0.2, 0.25) is 0 Å². The maximum atomic E-state index is 12.8. The van der Waals surface area contributed by atoms with Crippen LogP contribution >= 0.6 is 11.3 Å². The highest BCUT2D eigenvalue weighted by Crippen LogP contribution is 2.24. The van der Waals surface area contributed by atoms with Gasteiger partial charge in [-0.2, -0.15) is 5.10 Å². The van der Waals surface area contributed by atoms with E-state index in [2.05, 4.69) is 5.10 Å². The lowest BCUT2D eigenvalue weighted by Crippen LogP contribution is -2.42. The molecule has 0 saturated carbocycles. The quantitative estimate of drug-likeness (QED) is 0.561. The van der Waals surface area contributed by atoms with Crippen molar-refractivity contribution in [2.45, 2.75) is 46.1 Å². The van der Waals surface area contributed by atoms with E-state index < -0.39 is 0 Å². The first-order valence-corrected chi connectivity index (χ1v) is 11.3. The molecule has 0 N–H and O–H groups in total. The summed E-state index contributed by atoms with van der Waals surface area (Å²) < 4.78 is 9.51. The van der Waals surface area contributed by atoms with E-state index in [1.807, 2.05) is 28.8 Å². The van der Waals surface area contributed by atoms with Gasteiger partial charge in [0.25, 0.3) is 5.56 Å². The molecule has 3 aromatic heterocycles. The van der Waals surface area contributed by atoms with Gasteiger partial charge in [-0.25, -0.2) is 4.68 Å². The minimum absolute atomic E-state index is 0.0121. The van der Waals surface area contributed by atoms with Gasteiger partial charge >= 0.3 is 5.97 Å². The fourth-order valence-electron chi connectivity index (χ4n) is 4.17. The minimum atomic E-state index is -0.236. The highest BCUT2D eigenvalue weighted by molar-refractivity contribution is 7.17. The van der Waals surface area contributed by atoms with Crippen molar-refractivity contribution < 1.29 is 14.3 Å². The second-order valence-corrected chi connectivity index (χ2v) is 8.59. The molecule has 1 atom stereocenters. The SMILES string of the molecule is CCOC(=O)[C@@H]1CCCN(C(=O)CCCn2nc(C)n3c(cc4sccc43)c2=O)C1. The number of aryl methyl sites for hydroxylation is 2. The maximum absolute atomic E-state index is 12.8. The summed E-state index contributed by atoms with van der Waals surface area (Å²) >= 11 is 1.60. The Morgan fingerprint density at radius 2 is 2.17 bits per heavy atom. The third-order valence-electron chi connectivity index (χ3n) is 5.62. The predicted molar refractivity (Wildman–Crippen MR) is 115 cm³/mol. The Hall–Kier alpha value is -2.68. The zero-order valence-corrected chi connectivity index (χ0v) is 18.1. The van der Waals surface area contributed by atoms with Crippen molar-refractivity contribution in [3.05, 3.63) is 33.7 Å². The highest BCUT2D eigenvalue weighted by atomic mass is 32.1. The number of thiophene rings is 1. The molecular weight excluding hydrogens is 404 g/mol. The van der Waals surface area contributed by atoms with Crippen LogP contribution in [0.3, 0.4) is 0 Å². The molecule has 0 aliphatic carbocycles. The fourth-order valence-corrected chi connectivity index (χ4v) is 4.98. The number of amides is 1. The van der Waals surface area contributed by atoms with Gasteiger partial charge < -0.3 is 9.64 Å². The molecule has 9 heteroatoms. The Kier molecular flexibility index (Phi) is 5.90. The lowest BCUT2D eigenvalue weighted by Gasteiger charge is -2.31. The number of piperidine rings is 1. The number of carbonyl (C=O) groups excluding carboxylic acids is 2. The maximum Gasteiger partial charge on any atom is 0.310 e. The van der Waals surface area contributed by atoms with Crippen LogP contribution < -0.4 is 5.56 Å². The van der Waals surface area contributed by atoms with Gasteiger partial charge in [0, 0.05) is 26.1 Å². The molecule has 1 aliphatic rings. The predicted octanol–water partition coefficient (Wildman–Crippen LogP) is 2.60. The molecule has 1 saturated heterocycles. The first kappa shape index (κ1) is 20.6. The third kappa shape index (κ3) is 3.86. The van der Waals surface area contributed by atoms with E-state index in [1.54, 1.807) is 23.2 Å². The summed E-state index contributed by atoms with van der Waals surface area (Å²) in [6, 6.07) is 3.90. The number of esters is 1. The molecule has 3 aromatic rings. The van der Waals surface area contributed by atoms with Crippen molar-refractivity contribution >= 4 is 38.9 Å². The molecule has 0 aromatic carbocycles. The molecule has 0 radical (unpaired) electrons. The van der Waals surface area contributed by atoms with Crippen LogP contribution in [0.5, 0.6) is 0 Å². The van der Waals surface area contributed by atoms with Crippen molar-refractivity contribution in [3.8, 4) is 0 Å². The van der Waals surface area contributed by atoms with Crippen molar-refractivity contribution in [3.63, 3.8) is 0 Å². The van der Waals surface area contributed by atoms with Crippen LogP contribution in [-0.4, -0.2) is 50.7 Å². The average Bonchev–Trinajstić information content (AvgIpc) is 3.33. The van der Waals surface area contributed by atoms with Crippen molar-refractivity contribution in [2.24, 2.45) is 5.92 Å². The minimum Gasteiger partial charge on any atom is -0.466 e. The van der Waals surface area contributed by atoms with E-state index in [0.717, 1.165) is 28.9 Å². The summed E-state index contributed by atoms with van der Waals surface area (Å²) in [6.07, 6.45) is 2.41. The van der Waals surface area contributed by atoms with Crippen molar-refractivity contribution in [1.29, 1.82) is 0 Å². The van der Waals surface area contributed by atoms with Gasteiger partial charge in [-0.15, -0.1) is 11.3 Å². The normalized spacial score (nSPS) is 17.0. The van der Waals surface area contributed by atoms with Crippen molar-refractivity contribution in [2.75, 3.05) is 19.7 Å². The van der Waals surface area contributed by atoms with Gasteiger partial charge in [0.15, 0.2) is 0 Å². The third-order valence-corrected chi connectivity index (χ3v) is 6.47. The van der Waals surface area contributed by atoms with Crippen LogP contribution in [0.25, 0.3) is 15.7 Å². The Morgan fingerprint density at radius 1 is 1.33 bits per heavy atom. The molecule has 8 nitrogen and oxygen atoms in total. The molecule has 30 heavy (non-hydrogen) atoms. The summed E-state index contributed by atoms with van der Waals surface area (Å²) in [4.78, 5) is 39.2. The molecule has 4 heterocycles. The number of ether oxygens (including phenoxy) is 1. The fraction of sp³-hybridized carbons (Fsp3) is 0.524. The summed E-state index contributed by atoms with van der Waals surface area (Å²) in [7, 11) is 0. The van der Waals surface area contributed by atoms with Gasteiger partial charge in [0.2, 0.25) is 5.91 Å². The molecule has 0 spiro atoms. The zero-order chi connectivity index (χ0) is 21.3. The van der Waals surface area contributed by atoms with E-state index in [9.17, 15) is 14.4 Å². The summed E-state index contributed by atoms with van der Waals surface area (Å²) in [5.41, 5.74) is 1.47. The van der Waals surface area contributed by atoms with Crippen LogP contribution in [0.1, 0.15) is 38.4 Å². The Balaban J connectivity index is 1.40. The number of hydrogen-bond acceptors (Lipinski definition) is 6. The molecular formula is C21H26N4O4S. The van der Waals surface area contributed by atoms with Gasteiger partial charge in [-0.05, 0) is 50.6 Å². The average molecular weight is 431 g/mol. The van der Waals surface area contributed by atoms with E-state index in [1.165, 1.54) is 4.68 Å². The summed E-state index contributed by atoms with van der Waals surface area (Å²) in [5.74, 6) is 0.303. The molecule has 0 unspecified atom stereocenters. The zero-order valence-electron chi connectivity index (χ0n) is 17.3. The number of rotatable bonds is 6. The number of aromatic nitrogens is 3. The molecule has 160 valence electrons. The smallest absolute Gasteiger partial charge is 0.310 e. The number of likely N-dealkylation sites (tertiary alicyclic amines) is 1. The highest BCUT2D eigenvalue weighted by Gasteiger charge is 2.29. The van der Waals surface area contributed by atoms with Crippen LogP contribution in [0, 0.1) is 12.8 Å². The second-order valence-electron chi connectivity index (χ2n) is 7.65. The molecule has 1 fully saturated rings. The largest absolute Gasteiger partial charge is 0.466 e. The van der Waals surface area contributed by atoms with Crippen LogP contribution in [0.15, 0.2) is 22.3 Å². The number of carbonyl (C=O) groups is 2. The van der Waals surface area contributed by atoms with Gasteiger partial charge in [-0.1, -0.05) is 0 Å². The van der Waals surface area contributed by atoms with Crippen molar-refractivity contribution in [1.82, 2.24) is 19.1 Å². The first-order chi connectivity index (χ1) is 14.5. The van der Waals surface area contributed by atoms with Gasteiger partial charge in [0.1, 0.15) is 11.3 Å². The van der Waals surface area contributed by atoms with E-state index in [0.29, 0.717) is 44.6 Å². The van der Waals surface area contributed by atoms with E-state index in [-0.39, 0.29) is 23.4 Å². The molecule has 4 rings (SSSR count). The number of nitrogens with zero attached hydrogens (tertiary/aromatic N) is 4. The second kappa shape index (κ2) is 8.59. The lowest BCUT2D eigenvalue weighted by atomic mass is 9.98.